The van der Waals surface area contributed by atoms with Gasteiger partial charge in [-0.3, -0.25) is 4.79 Å². The van der Waals surface area contributed by atoms with Crippen LogP contribution in [-0.4, -0.2) is 12.4 Å². The molecule has 0 unspecified atom stereocenters. The van der Waals surface area contributed by atoms with E-state index in [9.17, 15) is 9.18 Å². The third-order valence-electron chi connectivity index (χ3n) is 2.99. The quantitative estimate of drug-likeness (QED) is 0.733. The molecule has 0 radical (unpaired) electrons. The summed E-state index contributed by atoms with van der Waals surface area (Å²) < 4.78 is 18.6. The molecule has 0 aliphatic rings. The molecule has 2 aromatic carbocycles. The molecule has 0 atom stereocenters. The minimum Gasteiger partial charge on any atom is -0.492 e. The summed E-state index contributed by atoms with van der Waals surface area (Å²) in [6.45, 7) is 3.87. The van der Waals surface area contributed by atoms with Gasteiger partial charge in [-0.25, -0.2) is 4.39 Å². The molecule has 0 spiro atoms. The molecule has 2 aromatic rings. The molecule has 0 fully saturated rings. The number of hydrogen-bond donors (Lipinski definition) is 0. The normalized spacial score (nSPS) is 10.5. The lowest BCUT2D eigenvalue weighted by Gasteiger charge is -2.10. The van der Waals surface area contributed by atoms with E-state index in [1.165, 1.54) is 30.3 Å². The first kappa shape index (κ1) is 15.8. The molecular weight excluding hydrogens is 314 g/mol. The largest absolute Gasteiger partial charge is 0.492 e. The average molecular weight is 327 g/mol. The second kappa shape index (κ2) is 6.46. The molecule has 0 heterocycles. The van der Waals surface area contributed by atoms with Crippen molar-refractivity contribution in [1.29, 1.82) is 0 Å². The number of benzene rings is 2. The second-order valence-corrected chi connectivity index (χ2v) is 5.30. The van der Waals surface area contributed by atoms with Crippen LogP contribution < -0.4 is 4.74 Å². The lowest BCUT2D eigenvalue weighted by molar-refractivity contribution is 0.103. The Labute approximate surface area is 132 Å². The van der Waals surface area contributed by atoms with Crippen LogP contribution in [0.5, 0.6) is 5.75 Å². The zero-order valence-electron chi connectivity index (χ0n) is 11.5. The molecule has 0 aromatic heterocycles. The third-order valence-corrected chi connectivity index (χ3v) is 3.59. The van der Waals surface area contributed by atoms with E-state index in [0.717, 1.165) is 0 Å². The van der Waals surface area contributed by atoms with Gasteiger partial charge in [0.15, 0.2) is 5.78 Å². The van der Waals surface area contributed by atoms with E-state index < -0.39 is 0 Å². The van der Waals surface area contributed by atoms with Crippen molar-refractivity contribution in [3.8, 4) is 5.75 Å². The van der Waals surface area contributed by atoms with Gasteiger partial charge in [-0.05, 0) is 43.7 Å². The number of rotatable bonds is 4. The Balaban J connectivity index is 2.43. The molecule has 5 heteroatoms. The van der Waals surface area contributed by atoms with E-state index >= 15 is 0 Å². The van der Waals surface area contributed by atoms with Crippen LogP contribution in [0.25, 0.3) is 0 Å². The van der Waals surface area contributed by atoms with Crippen molar-refractivity contribution in [3.63, 3.8) is 0 Å². The van der Waals surface area contributed by atoms with Crippen LogP contribution in [0, 0.1) is 12.7 Å². The van der Waals surface area contributed by atoms with E-state index in [1.54, 1.807) is 6.92 Å². The molecule has 0 N–H and O–H groups in total. The number of carbonyl (C=O) groups excluding carboxylic acids is 1. The van der Waals surface area contributed by atoms with Gasteiger partial charge in [0.05, 0.1) is 16.7 Å². The van der Waals surface area contributed by atoms with E-state index in [1.807, 2.05) is 6.92 Å². The molecule has 0 amide bonds. The Morgan fingerprint density at radius 2 is 1.90 bits per heavy atom. The highest BCUT2D eigenvalue weighted by Crippen LogP contribution is 2.32. The summed E-state index contributed by atoms with van der Waals surface area (Å²) in [4.78, 5) is 12.4. The van der Waals surface area contributed by atoms with Crippen LogP contribution >= 0.6 is 23.2 Å². The summed E-state index contributed by atoms with van der Waals surface area (Å²) in [5.41, 5.74) is 1.01. The van der Waals surface area contributed by atoms with Crippen LogP contribution in [0.15, 0.2) is 30.3 Å². The molecule has 0 aliphatic heterocycles. The van der Waals surface area contributed by atoms with E-state index in [-0.39, 0.29) is 22.2 Å². The SMILES string of the molecule is CCOc1cc(Cl)c(C(=O)c2ccc(F)c(C)c2)cc1Cl. The molecule has 2 rings (SSSR count). The second-order valence-electron chi connectivity index (χ2n) is 4.49. The molecule has 2 nitrogen and oxygen atoms in total. The summed E-state index contributed by atoms with van der Waals surface area (Å²) in [5, 5.41) is 0.554. The average Bonchev–Trinajstić information content (AvgIpc) is 2.45. The monoisotopic (exact) mass is 326 g/mol. The fraction of sp³-hybridized carbons (Fsp3) is 0.188. The molecule has 0 saturated heterocycles. The van der Waals surface area contributed by atoms with Gasteiger partial charge in [0, 0.05) is 17.2 Å². The van der Waals surface area contributed by atoms with Gasteiger partial charge in [-0.1, -0.05) is 23.2 Å². The summed E-state index contributed by atoms with van der Waals surface area (Å²) in [5.74, 6) is -0.244. The van der Waals surface area contributed by atoms with Crippen molar-refractivity contribution in [2.45, 2.75) is 13.8 Å². The Hall–Kier alpha value is -1.58. The van der Waals surface area contributed by atoms with Gasteiger partial charge in [0.1, 0.15) is 11.6 Å². The van der Waals surface area contributed by atoms with Crippen LogP contribution in [0.1, 0.15) is 28.4 Å². The van der Waals surface area contributed by atoms with Crippen LogP contribution in [0.2, 0.25) is 10.0 Å². The lowest BCUT2D eigenvalue weighted by Crippen LogP contribution is -2.04. The predicted molar refractivity (Wildman–Crippen MR) is 82.2 cm³/mol. The van der Waals surface area contributed by atoms with Crippen molar-refractivity contribution in [1.82, 2.24) is 0 Å². The van der Waals surface area contributed by atoms with Gasteiger partial charge >= 0.3 is 0 Å². The highest BCUT2D eigenvalue weighted by molar-refractivity contribution is 6.37. The number of ether oxygens (including phenoxy) is 1. The maximum Gasteiger partial charge on any atom is 0.194 e. The van der Waals surface area contributed by atoms with Gasteiger partial charge in [0.2, 0.25) is 0 Å². The van der Waals surface area contributed by atoms with Gasteiger partial charge in [0.25, 0.3) is 0 Å². The summed E-state index contributed by atoms with van der Waals surface area (Å²) in [7, 11) is 0. The maximum atomic E-state index is 13.3. The van der Waals surface area contributed by atoms with Gasteiger partial charge in [-0.2, -0.15) is 0 Å². The molecule has 0 bridgehead atoms. The fourth-order valence-corrected chi connectivity index (χ4v) is 2.37. The molecule has 0 aliphatic carbocycles. The Bertz CT molecular complexity index is 699. The van der Waals surface area contributed by atoms with Crippen LogP contribution in [-0.2, 0) is 0 Å². The number of aryl methyl sites for hydroxylation is 1. The smallest absolute Gasteiger partial charge is 0.194 e. The topological polar surface area (TPSA) is 26.3 Å². The highest BCUT2D eigenvalue weighted by atomic mass is 35.5. The Kier molecular flexibility index (Phi) is 4.86. The standard InChI is InChI=1S/C16H13Cl2FO2/c1-3-21-15-8-12(17)11(7-13(15)18)16(20)10-4-5-14(19)9(2)6-10/h4-8H,3H2,1-2H3. The zero-order chi connectivity index (χ0) is 15.6. The number of ketones is 1. The molecular formula is C16H13Cl2FO2. The molecule has 0 saturated carbocycles. The summed E-state index contributed by atoms with van der Waals surface area (Å²) >= 11 is 12.2. The van der Waals surface area contributed by atoms with Crippen molar-refractivity contribution in [3.05, 3.63) is 62.9 Å². The van der Waals surface area contributed by atoms with Crippen molar-refractivity contribution >= 4 is 29.0 Å². The van der Waals surface area contributed by atoms with Gasteiger partial charge in [-0.15, -0.1) is 0 Å². The Morgan fingerprint density at radius 3 is 2.52 bits per heavy atom. The summed E-state index contributed by atoms with van der Waals surface area (Å²) in [6.07, 6.45) is 0. The highest BCUT2D eigenvalue weighted by Gasteiger charge is 2.17. The Morgan fingerprint density at radius 1 is 1.19 bits per heavy atom. The fourth-order valence-electron chi connectivity index (χ4n) is 1.91. The minimum atomic E-state index is -0.359. The molecule has 21 heavy (non-hydrogen) atoms. The maximum absolute atomic E-state index is 13.3. The first-order valence-corrected chi connectivity index (χ1v) is 7.12. The predicted octanol–water partition coefficient (Wildman–Crippen LogP) is 5.07. The molecule has 110 valence electrons. The minimum absolute atomic E-state index is 0.245. The van der Waals surface area contributed by atoms with Crippen molar-refractivity contribution in [2.24, 2.45) is 0 Å². The van der Waals surface area contributed by atoms with Crippen molar-refractivity contribution < 1.29 is 13.9 Å². The van der Waals surface area contributed by atoms with Crippen LogP contribution in [0.4, 0.5) is 4.39 Å². The lowest BCUT2D eigenvalue weighted by atomic mass is 10.0. The van der Waals surface area contributed by atoms with E-state index in [2.05, 4.69) is 0 Å². The zero-order valence-corrected chi connectivity index (χ0v) is 13.1. The van der Waals surface area contributed by atoms with Crippen molar-refractivity contribution in [2.75, 3.05) is 6.61 Å². The first-order chi connectivity index (χ1) is 9.93. The number of hydrogen-bond acceptors (Lipinski definition) is 2. The number of halogens is 3. The third kappa shape index (κ3) is 3.36. The first-order valence-electron chi connectivity index (χ1n) is 6.36. The summed E-state index contributed by atoms with van der Waals surface area (Å²) in [6, 6.07) is 7.14. The van der Waals surface area contributed by atoms with E-state index in [4.69, 9.17) is 27.9 Å². The number of carbonyl (C=O) groups is 1. The van der Waals surface area contributed by atoms with E-state index in [0.29, 0.717) is 28.5 Å². The van der Waals surface area contributed by atoms with Gasteiger partial charge < -0.3 is 4.74 Å². The van der Waals surface area contributed by atoms with Crippen LogP contribution in [0.3, 0.4) is 0 Å².